The Morgan fingerprint density at radius 2 is 2.00 bits per heavy atom. The highest BCUT2D eigenvalue weighted by molar-refractivity contribution is 5.89. The van der Waals surface area contributed by atoms with Gasteiger partial charge in [0.2, 0.25) is 0 Å². The fourth-order valence-electron chi connectivity index (χ4n) is 3.44. The number of hydrogen-bond acceptors (Lipinski definition) is 3. The summed E-state index contributed by atoms with van der Waals surface area (Å²) in [6, 6.07) is 0. The van der Waals surface area contributed by atoms with Gasteiger partial charge in [0.15, 0.2) is 0 Å². The smallest absolute Gasteiger partial charge is 0.113 e. The van der Waals surface area contributed by atoms with Gasteiger partial charge in [-0.2, -0.15) is 5.10 Å². The lowest BCUT2D eigenvalue weighted by atomic mass is 9.98. The molecule has 0 saturated carbocycles. The van der Waals surface area contributed by atoms with E-state index in [0.717, 1.165) is 18.1 Å². The molecule has 1 saturated heterocycles. The van der Waals surface area contributed by atoms with Crippen molar-refractivity contribution in [2.24, 2.45) is 0 Å². The van der Waals surface area contributed by atoms with E-state index >= 15 is 0 Å². The molecule has 0 bridgehead atoms. The van der Waals surface area contributed by atoms with E-state index in [0.29, 0.717) is 0 Å². The van der Waals surface area contributed by atoms with Crippen molar-refractivity contribution < 1.29 is 0 Å². The average Bonchev–Trinajstić information content (AvgIpc) is 3.13. The summed E-state index contributed by atoms with van der Waals surface area (Å²) in [5, 5.41) is 10.7. The van der Waals surface area contributed by atoms with Crippen LogP contribution in [-0.2, 0) is 0 Å². The number of likely N-dealkylation sites (tertiary alicyclic amines) is 1. The van der Waals surface area contributed by atoms with Gasteiger partial charge in [-0.3, -0.25) is 5.10 Å². The Morgan fingerprint density at radius 1 is 1.14 bits per heavy atom. The van der Waals surface area contributed by atoms with Gasteiger partial charge in [-0.05, 0) is 32.3 Å². The lowest BCUT2D eigenvalue weighted by Crippen LogP contribution is -2.30. The van der Waals surface area contributed by atoms with E-state index in [1.807, 2.05) is 6.20 Å². The zero-order chi connectivity index (χ0) is 14.2. The summed E-state index contributed by atoms with van der Waals surface area (Å²) >= 11 is 0. The molecule has 2 aromatic rings. The number of aromatic amines is 2. The van der Waals surface area contributed by atoms with Crippen LogP contribution >= 0.6 is 0 Å². The molecule has 5 nitrogen and oxygen atoms in total. The largest absolute Gasteiger partial charge is 0.371 e. The topological polar surface area (TPSA) is 59.7 Å². The molecular weight excluding hydrogens is 262 g/mol. The highest BCUT2D eigenvalue weighted by Gasteiger charge is 2.25. The molecule has 0 amide bonds. The van der Waals surface area contributed by atoms with Crippen LogP contribution in [0.3, 0.4) is 0 Å². The number of aryl methyl sites for hydroxylation is 1. The van der Waals surface area contributed by atoms with Gasteiger partial charge in [0.25, 0.3) is 0 Å². The summed E-state index contributed by atoms with van der Waals surface area (Å²) < 4.78 is 0. The molecule has 4 rings (SSSR count). The molecule has 0 atom stereocenters. The molecule has 0 aromatic carbocycles. The van der Waals surface area contributed by atoms with Crippen LogP contribution < -0.4 is 5.32 Å². The monoisotopic (exact) mass is 283 g/mol. The molecule has 2 aliphatic heterocycles. The molecule has 3 N–H and O–H groups in total. The van der Waals surface area contributed by atoms with Crippen LogP contribution in [0.4, 0.5) is 5.82 Å². The van der Waals surface area contributed by atoms with Crippen LogP contribution in [0.15, 0.2) is 18.5 Å². The van der Waals surface area contributed by atoms with Gasteiger partial charge >= 0.3 is 0 Å². The lowest BCUT2D eigenvalue weighted by molar-refractivity contribution is 0.325. The summed E-state index contributed by atoms with van der Waals surface area (Å²) in [6.07, 6.45) is 10.3. The fourth-order valence-corrected chi connectivity index (χ4v) is 3.44. The van der Waals surface area contributed by atoms with Crippen LogP contribution in [0.1, 0.15) is 30.5 Å². The molecule has 5 heteroatoms. The Hall–Kier alpha value is -2.17. The van der Waals surface area contributed by atoms with Crippen molar-refractivity contribution in [3.63, 3.8) is 0 Å². The SMILES string of the molecule is Cc1[nH]ncc1-c1c[nH]c2c1C(N1CCCCC1)=CCN2. The Kier molecular flexibility index (Phi) is 2.98. The van der Waals surface area contributed by atoms with Crippen molar-refractivity contribution in [2.75, 3.05) is 25.0 Å². The zero-order valence-electron chi connectivity index (χ0n) is 12.4. The quantitative estimate of drug-likeness (QED) is 0.794. The number of aromatic nitrogens is 3. The first-order valence-electron chi connectivity index (χ1n) is 7.75. The van der Waals surface area contributed by atoms with Crippen molar-refractivity contribution >= 4 is 11.5 Å². The molecule has 0 radical (unpaired) electrons. The van der Waals surface area contributed by atoms with Gasteiger partial charge in [-0.15, -0.1) is 0 Å². The molecule has 0 aliphatic carbocycles. The van der Waals surface area contributed by atoms with Crippen LogP contribution in [0.25, 0.3) is 16.8 Å². The number of piperidine rings is 1. The summed E-state index contributed by atoms with van der Waals surface area (Å²) in [6.45, 7) is 5.30. The second-order valence-corrected chi connectivity index (χ2v) is 5.88. The second-order valence-electron chi connectivity index (χ2n) is 5.88. The van der Waals surface area contributed by atoms with E-state index in [2.05, 4.69) is 44.6 Å². The second kappa shape index (κ2) is 4.98. The predicted molar refractivity (Wildman–Crippen MR) is 85.0 cm³/mol. The Balaban J connectivity index is 1.79. The maximum absolute atomic E-state index is 4.17. The third-order valence-electron chi connectivity index (χ3n) is 4.53. The number of rotatable bonds is 2. The normalized spacial score (nSPS) is 18.1. The van der Waals surface area contributed by atoms with Gasteiger partial charge in [-0.25, -0.2) is 0 Å². The maximum Gasteiger partial charge on any atom is 0.113 e. The maximum atomic E-state index is 4.17. The fraction of sp³-hybridized carbons (Fsp3) is 0.438. The van der Waals surface area contributed by atoms with Crippen LogP contribution in [0.5, 0.6) is 0 Å². The van der Waals surface area contributed by atoms with E-state index in [9.17, 15) is 0 Å². The minimum Gasteiger partial charge on any atom is -0.371 e. The molecule has 110 valence electrons. The molecule has 21 heavy (non-hydrogen) atoms. The van der Waals surface area contributed by atoms with E-state index < -0.39 is 0 Å². The van der Waals surface area contributed by atoms with Crippen molar-refractivity contribution in [3.8, 4) is 11.1 Å². The Bertz CT molecular complexity index is 673. The molecular formula is C16H21N5. The predicted octanol–water partition coefficient (Wildman–Crippen LogP) is 2.97. The number of anilines is 1. The highest BCUT2D eigenvalue weighted by Crippen LogP contribution is 2.39. The molecule has 2 aromatic heterocycles. The lowest BCUT2D eigenvalue weighted by Gasteiger charge is -2.33. The van der Waals surface area contributed by atoms with E-state index in [-0.39, 0.29) is 0 Å². The molecule has 2 aliphatic rings. The van der Waals surface area contributed by atoms with Gasteiger partial charge in [0.05, 0.1) is 6.20 Å². The zero-order valence-corrected chi connectivity index (χ0v) is 12.4. The highest BCUT2D eigenvalue weighted by atomic mass is 15.2. The third-order valence-corrected chi connectivity index (χ3v) is 4.53. The van der Waals surface area contributed by atoms with Gasteiger partial charge in [-0.1, -0.05) is 0 Å². The van der Waals surface area contributed by atoms with Crippen LogP contribution in [-0.4, -0.2) is 39.7 Å². The Morgan fingerprint density at radius 3 is 2.76 bits per heavy atom. The van der Waals surface area contributed by atoms with E-state index in [1.54, 1.807) is 0 Å². The Labute approximate surface area is 124 Å². The number of nitrogens with one attached hydrogen (secondary N) is 3. The minimum absolute atomic E-state index is 0.892. The molecule has 1 fully saturated rings. The van der Waals surface area contributed by atoms with Crippen molar-refractivity contribution in [2.45, 2.75) is 26.2 Å². The molecule has 4 heterocycles. The summed E-state index contributed by atoms with van der Waals surface area (Å²) in [5.74, 6) is 1.13. The average molecular weight is 283 g/mol. The van der Waals surface area contributed by atoms with E-state index in [4.69, 9.17) is 0 Å². The summed E-state index contributed by atoms with van der Waals surface area (Å²) in [5.41, 5.74) is 6.20. The van der Waals surface area contributed by atoms with Gasteiger partial charge < -0.3 is 15.2 Å². The first-order valence-corrected chi connectivity index (χ1v) is 7.75. The number of hydrogen-bond donors (Lipinski definition) is 3. The van der Waals surface area contributed by atoms with Crippen molar-refractivity contribution in [3.05, 3.63) is 29.7 Å². The number of nitrogens with zero attached hydrogens (tertiary/aromatic N) is 2. The van der Waals surface area contributed by atoms with E-state index in [1.165, 1.54) is 54.7 Å². The van der Waals surface area contributed by atoms with Gasteiger partial charge in [0.1, 0.15) is 5.82 Å². The first-order chi connectivity index (χ1) is 10.3. The standard InChI is InChI=1S/C16H21N5/c1-11-12(10-19-20-11)13-9-18-16-15(13)14(5-6-17-16)21-7-3-2-4-8-21/h5,9-10,17-18H,2-4,6-8H2,1H3,(H,19,20). The number of fused-ring (bicyclic) bond motifs is 1. The number of H-pyrrole nitrogens is 2. The molecule has 0 unspecified atom stereocenters. The van der Waals surface area contributed by atoms with Gasteiger partial charge in [0, 0.05) is 53.9 Å². The minimum atomic E-state index is 0.892. The summed E-state index contributed by atoms with van der Waals surface area (Å²) in [7, 11) is 0. The first kappa shape index (κ1) is 12.6. The van der Waals surface area contributed by atoms with Crippen molar-refractivity contribution in [1.29, 1.82) is 0 Å². The summed E-state index contributed by atoms with van der Waals surface area (Å²) in [4.78, 5) is 5.93. The third kappa shape index (κ3) is 2.04. The van der Waals surface area contributed by atoms with Crippen LogP contribution in [0, 0.1) is 6.92 Å². The van der Waals surface area contributed by atoms with Crippen LogP contribution in [0.2, 0.25) is 0 Å². The molecule has 0 spiro atoms. The van der Waals surface area contributed by atoms with Crippen molar-refractivity contribution in [1.82, 2.24) is 20.1 Å².